The minimum absolute atomic E-state index is 0.0159. The van der Waals surface area contributed by atoms with Crippen LogP contribution in [0.15, 0.2) is 42.7 Å². The molecular weight excluding hydrogens is 369 g/mol. The summed E-state index contributed by atoms with van der Waals surface area (Å²) in [5, 5.41) is 7.00. The molecule has 1 aromatic carbocycles. The molecule has 0 aliphatic heterocycles. The van der Waals surface area contributed by atoms with E-state index < -0.39 is 17.6 Å². The average Bonchev–Trinajstić information content (AvgIpc) is 2.91. The van der Waals surface area contributed by atoms with E-state index in [0.29, 0.717) is 11.1 Å². The number of halogens is 3. The monoisotopic (exact) mass is 388 g/mol. The lowest BCUT2D eigenvalue weighted by Crippen LogP contribution is -2.23. The van der Waals surface area contributed by atoms with E-state index in [1.807, 2.05) is 20.9 Å². The van der Waals surface area contributed by atoms with E-state index in [-0.39, 0.29) is 6.54 Å². The first-order valence-electron chi connectivity index (χ1n) is 8.57. The summed E-state index contributed by atoms with van der Waals surface area (Å²) in [5.41, 5.74) is 3.38. The Hall–Kier alpha value is -3.16. The molecule has 8 heteroatoms. The zero-order valence-corrected chi connectivity index (χ0v) is 15.6. The number of pyridine rings is 1. The molecule has 1 N–H and O–H groups in total. The molecule has 0 saturated carbocycles. The van der Waals surface area contributed by atoms with Gasteiger partial charge in [-0.15, -0.1) is 0 Å². The Balaban J connectivity index is 1.77. The Bertz CT molecular complexity index is 1020. The molecule has 1 amide bonds. The summed E-state index contributed by atoms with van der Waals surface area (Å²) in [6.45, 7) is 3.79. The predicted molar refractivity (Wildman–Crippen MR) is 98.5 cm³/mol. The van der Waals surface area contributed by atoms with Crippen LogP contribution in [0.2, 0.25) is 0 Å². The van der Waals surface area contributed by atoms with Crippen LogP contribution in [-0.2, 0) is 19.8 Å². The van der Waals surface area contributed by atoms with Gasteiger partial charge in [0.15, 0.2) is 0 Å². The molecule has 3 rings (SSSR count). The number of alkyl halides is 3. The minimum Gasteiger partial charge on any atom is -0.348 e. The quantitative estimate of drug-likeness (QED) is 0.734. The highest BCUT2D eigenvalue weighted by molar-refractivity contribution is 5.95. The van der Waals surface area contributed by atoms with Crippen LogP contribution < -0.4 is 5.32 Å². The first-order valence-corrected chi connectivity index (χ1v) is 8.57. The molecule has 2 heterocycles. The fourth-order valence-corrected chi connectivity index (χ4v) is 3.03. The molecule has 0 aliphatic rings. The van der Waals surface area contributed by atoms with E-state index in [2.05, 4.69) is 15.4 Å². The van der Waals surface area contributed by atoms with Gasteiger partial charge in [-0.3, -0.25) is 14.5 Å². The number of nitrogens with one attached hydrogen (secondary N) is 1. The third kappa shape index (κ3) is 4.05. The Morgan fingerprint density at radius 1 is 1.18 bits per heavy atom. The number of amides is 1. The molecule has 0 saturated heterocycles. The molecule has 3 aromatic rings. The van der Waals surface area contributed by atoms with Crippen LogP contribution in [0.4, 0.5) is 13.2 Å². The molecule has 0 unspecified atom stereocenters. The molecule has 2 aromatic heterocycles. The number of aryl methyl sites for hydroxylation is 2. The van der Waals surface area contributed by atoms with Crippen LogP contribution in [0.3, 0.4) is 0 Å². The normalized spacial score (nSPS) is 11.5. The highest BCUT2D eigenvalue weighted by Gasteiger charge is 2.30. The van der Waals surface area contributed by atoms with Crippen molar-refractivity contribution in [2.24, 2.45) is 7.05 Å². The lowest BCUT2D eigenvalue weighted by molar-refractivity contribution is -0.137. The van der Waals surface area contributed by atoms with Gasteiger partial charge < -0.3 is 5.32 Å². The highest BCUT2D eigenvalue weighted by atomic mass is 19.4. The van der Waals surface area contributed by atoms with Gasteiger partial charge in [-0.2, -0.15) is 18.3 Å². The van der Waals surface area contributed by atoms with Gasteiger partial charge in [-0.25, -0.2) is 0 Å². The molecule has 0 spiro atoms. The summed E-state index contributed by atoms with van der Waals surface area (Å²) in [7, 11) is 1.84. The number of aromatic nitrogens is 3. The molecular formula is C20H19F3N4O. The van der Waals surface area contributed by atoms with E-state index in [4.69, 9.17) is 0 Å². The van der Waals surface area contributed by atoms with Gasteiger partial charge in [-0.05, 0) is 37.6 Å². The van der Waals surface area contributed by atoms with Crippen molar-refractivity contribution in [3.05, 3.63) is 70.8 Å². The first kappa shape index (κ1) is 19.6. The lowest BCUT2D eigenvalue weighted by atomic mass is 10.0. The largest absolute Gasteiger partial charge is 0.416 e. The Kier molecular flexibility index (Phi) is 5.22. The van der Waals surface area contributed by atoms with Crippen molar-refractivity contribution in [1.29, 1.82) is 0 Å². The van der Waals surface area contributed by atoms with Crippen molar-refractivity contribution in [3.63, 3.8) is 0 Å². The third-order valence-electron chi connectivity index (χ3n) is 4.51. The van der Waals surface area contributed by atoms with Crippen molar-refractivity contribution in [2.75, 3.05) is 0 Å². The van der Waals surface area contributed by atoms with E-state index in [9.17, 15) is 18.0 Å². The van der Waals surface area contributed by atoms with Crippen LogP contribution in [0.25, 0.3) is 11.1 Å². The van der Waals surface area contributed by atoms with Crippen molar-refractivity contribution < 1.29 is 18.0 Å². The van der Waals surface area contributed by atoms with Gasteiger partial charge >= 0.3 is 6.18 Å². The summed E-state index contributed by atoms with van der Waals surface area (Å²) in [6, 6.07) is 6.58. The zero-order valence-electron chi connectivity index (χ0n) is 15.6. The Labute approximate surface area is 160 Å². The Morgan fingerprint density at radius 2 is 1.93 bits per heavy atom. The second kappa shape index (κ2) is 7.46. The number of rotatable bonds is 4. The lowest BCUT2D eigenvalue weighted by Gasteiger charge is -2.10. The standard InChI is InChI=1S/C20H19F3N4O/c1-12-18(13(2)27(3)26-12)15-8-16(11-24-10-15)19(28)25-9-14-5-4-6-17(7-14)20(21,22)23/h4-8,10-11H,9H2,1-3H3,(H,25,28). The zero-order chi connectivity index (χ0) is 20.5. The molecule has 0 atom stereocenters. The number of hydrogen-bond acceptors (Lipinski definition) is 3. The SMILES string of the molecule is Cc1nn(C)c(C)c1-c1cncc(C(=O)NCc2cccc(C(F)(F)F)c2)c1. The van der Waals surface area contributed by atoms with Crippen LogP contribution in [0, 0.1) is 13.8 Å². The van der Waals surface area contributed by atoms with Gasteiger partial charge in [0.25, 0.3) is 5.91 Å². The summed E-state index contributed by atoms with van der Waals surface area (Å²) in [5.74, 6) is -0.411. The van der Waals surface area contributed by atoms with Crippen molar-refractivity contribution in [1.82, 2.24) is 20.1 Å². The maximum atomic E-state index is 12.8. The van der Waals surface area contributed by atoms with E-state index >= 15 is 0 Å². The van der Waals surface area contributed by atoms with Gasteiger partial charge in [-0.1, -0.05) is 12.1 Å². The molecule has 0 aliphatic carbocycles. The van der Waals surface area contributed by atoms with E-state index in [1.54, 1.807) is 16.9 Å². The highest BCUT2D eigenvalue weighted by Crippen LogP contribution is 2.29. The summed E-state index contributed by atoms with van der Waals surface area (Å²) in [6.07, 6.45) is -1.34. The number of nitrogens with zero attached hydrogens (tertiary/aromatic N) is 3. The summed E-state index contributed by atoms with van der Waals surface area (Å²) >= 11 is 0. The molecule has 0 radical (unpaired) electrons. The van der Waals surface area contributed by atoms with Crippen LogP contribution in [0.1, 0.15) is 32.9 Å². The molecule has 146 valence electrons. The van der Waals surface area contributed by atoms with Gasteiger partial charge in [0.05, 0.1) is 16.8 Å². The fourth-order valence-electron chi connectivity index (χ4n) is 3.03. The first-order chi connectivity index (χ1) is 13.2. The maximum Gasteiger partial charge on any atom is 0.416 e. The number of hydrogen-bond donors (Lipinski definition) is 1. The van der Waals surface area contributed by atoms with E-state index in [1.165, 1.54) is 18.3 Å². The number of benzene rings is 1. The minimum atomic E-state index is -4.42. The third-order valence-corrected chi connectivity index (χ3v) is 4.51. The van der Waals surface area contributed by atoms with Gasteiger partial charge in [0.2, 0.25) is 0 Å². The second-order valence-electron chi connectivity index (χ2n) is 6.51. The second-order valence-corrected chi connectivity index (χ2v) is 6.51. The van der Waals surface area contributed by atoms with Crippen LogP contribution >= 0.6 is 0 Å². The van der Waals surface area contributed by atoms with Crippen LogP contribution in [0.5, 0.6) is 0 Å². The fraction of sp³-hybridized carbons (Fsp3) is 0.250. The molecule has 0 fully saturated rings. The topological polar surface area (TPSA) is 59.8 Å². The summed E-state index contributed by atoms with van der Waals surface area (Å²) in [4.78, 5) is 16.6. The Morgan fingerprint density at radius 3 is 2.57 bits per heavy atom. The average molecular weight is 388 g/mol. The predicted octanol–water partition coefficient (Wildman–Crippen LogP) is 4.05. The summed E-state index contributed by atoms with van der Waals surface area (Å²) < 4.78 is 40.2. The van der Waals surface area contributed by atoms with E-state index in [0.717, 1.165) is 34.6 Å². The molecule has 28 heavy (non-hydrogen) atoms. The van der Waals surface area contributed by atoms with Crippen LogP contribution in [-0.4, -0.2) is 20.7 Å². The van der Waals surface area contributed by atoms with Crippen molar-refractivity contribution in [2.45, 2.75) is 26.6 Å². The van der Waals surface area contributed by atoms with Crippen molar-refractivity contribution >= 4 is 5.91 Å². The molecule has 5 nitrogen and oxygen atoms in total. The van der Waals surface area contributed by atoms with Crippen molar-refractivity contribution in [3.8, 4) is 11.1 Å². The maximum absolute atomic E-state index is 12.8. The number of carbonyl (C=O) groups excluding carboxylic acids is 1. The number of carbonyl (C=O) groups is 1. The smallest absolute Gasteiger partial charge is 0.348 e. The van der Waals surface area contributed by atoms with Gasteiger partial charge in [0.1, 0.15) is 0 Å². The van der Waals surface area contributed by atoms with Gasteiger partial charge in [0, 0.05) is 42.8 Å². The molecule has 0 bridgehead atoms.